The van der Waals surface area contributed by atoms with Crippen molar-refractivity contribution in [1.29, 1.82) is 0 Å². The Morgan fingerprint density at radius 2 is 2.06 bits per heavy atom. The van der Waals surface area contributed by atoms with Crippen molar-refractivity contribution in [3.63, 3.8) is 0 Å². The van der Waals surface area contributed by atoms with Gasteiger partial charge in [-0.2, -0.15) is 0 Å². The molecule has 0 radical (unpaired) electrons. The van der Waals surface area contributed by atoms with Crippen LogP contribution >= 0.6 is 11.6 Å². The van der Waals surface area contributed by atoms with Crippen molar-refractivity contribution in [1.82, 2.24) is 4.98 Å². The number of aryl methyl sites for hydroxylation is 2. The zero-order valence-corrected chi connectivity index (χ0v) is 10.0. The van der Waals surface area contributed by atoms with Crippen LogP contribution in [-0.4, -0.2) is 10.9 Å². The van der Waals surface area contributed by atoms with E-state index in [2.05, 4.69) is 36.2 Å². The molecule has 82 valence electrons. The Hall–Kier alpha value is -1.34. The van der Waals surface area contributed by atoms with Gasteiger partial charge in [0.2, 0.25) is 0 Å². The van der Waals surface area contributed by atoms with Crippen LogP contribution in [0, 0.1) is 6.92 Å². The summed E-state index contributed by atoms with van der Waals surface area (Å²) in [6, 6.07) is 10.5. The lowest BCUT2D eigenvalue weighted by Crippen LogP contribution is -1.91. The number of rotatable bonds is 3. The Morgan fingerprint density at radius 1 is 1.19 bits per heavy atom. The highest BCUT2D eigenvalue weighted by molar-refractivity contribution is 6.18. The molecule has 0 atom stereocenters. The topological polar surface area (TPSA) is 12.9 Å². The molecular weight excluding hydrogens is 218 g/mol. The second-order valence-corrected chi connectivity index (χ2v) is 4.20. The number of pyridine rings is 1. The largest absolute Gasteiger partial charge is 0.264 e. The first-order valence-corrected chi connectivity index (χ1v) is 5.90. The third kappa shape index (κ3) is 2.42. The monoisotopic (exact) mass is 231 g/mol. The van der Waals surface area contributed by atoms with E-state index in [1.54, 1.807) is 6.20 Å². The van der Waals surface area contributed by atoms with E-state index in [0.29, 0.717) is 5.88 Å². The third-order valence-electron chi connectivity index (χ3n) is 2.71. The summed E-state index contributed by atoms with van der Waals surface area (Å²) in [5, 5.41) is 0. The van der Waals surface area contributed by atoms with Gasteiger partial charge in [-0.15, -0.1) is 11.6 Å². The highest BCUT2D eigenvalue weighted by Crippen LogP contribution is 2.21. The molecule has 1 aromatic heterocycles. The van der Waals surface area contributed by atoms with E-state index in [4.69, 9.17) is 11.6 Å². The van der Waals surface area contributed by atoms with E-state index in [1.165, 1.54) is 16.7 Å². The third-order valence-corrected chi connectivity index (χ3v) is 2.90. The number of halogens is 1. The maximum atomic E-state index is 5.79. The number of benzene rings is 1. The van der Waals surface area contributed by atoms with E-state index < -0.39 is 0 Å². The molecule has 1 nitrogen and oxygen atoms in total. The summed E-state index contributed by atoms with van der Waals surface area (Å²) in [6.45, 7) is 2.12. The van der Waals surface area contributed by atoms with Crippen molar-refractivity contribution in [2.24, 2.45) is 0 Å². The molecule has 0 fully saturated rings. The maximum Gasteiger partial charge on any atom is 0.0346 e. The highest BCUT2D eigenvalue weighted by atomic mass is 35.5. The molecule has 1 heterocycles. The summed E-state index contributed by atoms with van der Waals surface area (Å²) in [5.41, 5.74) is 4.97. The summed E-state index contributed by atoms with van der Waals surface area (Å²) < 4.78 is 0. The van der Waals surface area contributed by atoms with Crippen LogP contribution in [0.3, 0.4) is 0 Å². The average Bonchev–Trinajstić information content (AvgIpc) is 2.33. The molecule has 1 aromatic carbocycles. The lowest BCUT2D eigenvalue weighted by atomic mass is 9.99. The van der Waals surface area contributed by atoms with Gasteiger partial charge in [0.1, 0.15) is 0 Å². The molecule has 0 unspecified atom stereocenters. The summed E-state index contributed by atoms with van der Waals surface area (Å²) in [5.74, 6) is 0.664. The predicted octanol–water partition coefficient (Wildman–Crippen LogP) is 3.84. The van der Waals surface area contributed by atoms with Crippen molar-refractivity contribution < 1.29 is 0 Å². The molecule has 2 rings (SSSR count). The van der Waals surface area contributed by atoms with E-state index in [0.717, 1.165) is 12.0 Å². The first kappa shape index (κ1) is 11.2. The molecule has 0 aliphatic heterocycles. The number of aromatic nitrogens is 1. The fraction of sp³-hybridized carbons (Fsp3) is 0.214. The lowest BCUT2D eigenvalue weighted by molar-refractivity contribution is 1.12. The Morgan fingerprint density at radius 3 is 2.75 bits per heavy atom. The van der Waals surface area contributed by atoms with Gasteiger partial charge in [-0.05, 0) is 41.7 Å². The van der Waals surface area contributed by atoms with Crippen LogP contribution in [0.5, 0.6) is 0 Å². The minimum absolute atomic E-state index is 0.664. The Bertz CT molecular complexity index is 465. The first-order chi connectivity index (χ1) is 7.81. The molecule has 0 bridgehead atoms. The number of nitrogens with zero attached hydrogens (tertiary/aromatic N) is 1. The van der Waals surface area contributed by atoms with Crippen LogP contribution in [0.4, 0.5) is 0 Å². The van der Waals surface area contributed by atoms with E-state index in [9.17, 15) is 0 Å². The molecule has 0 N–H and O–H groups in total. The predicted molar refractivity (Wildman–Crippen MR) is 68.8 cm³/mol. The van der Waals surface area contributed by atoms with Gasteiger partial charge < -0.3 is 0 Å². The summed E-state index contributed by atoms with van der Waals surface area (Å²) >= 11 is 5.79. The first-order valence-electron chi connectivity index (χ1n) is 5.37. The van der Waals surface area contributed by atoms with Crippen LogP contribution in [0.1, 0.15) is 11.1 Å². The zero-order valence-electron chi connectivity index (χ0n) is 9.28. The molecular formula is C14H14ClN. The highest BCUT2D eigenvalue weighted by Gasteiger charge is 2.02. The fourth-order valence-electron chi connectivity index (χ4n) is 1.76. The number of hydrogen-bond donors (Lipinski definition) is 0. The lowest BCUT2D eigenvalue weighted by Gasteiger charge is -2.07. The SMILES string of the molecule is Cc1ccc(-c2cccnc2)cc1CCCl. The van der Waals surface area contributed by atoms with Crippen molar-refractivity contribution in [3.05, 3.63) is 53.9 Å². The van der Waals surface area contributed by atoms with Gasteiger partial charge in [-0.3, -0.25) is 4.98 Å². The minimum atomic E-state index is 0.664. The Balaban J connectivity index is 2.40. The molecule has 0 aliphatic carbocycles. The van der Waals surface area contributed by atoms with Crippen LogP contribution < -0.4 is 0 Å². The molecule has 0 saturated carbocycles. The van der Waals surface area contributed by atoms with Crippen LogP contribution in [0.2, 0.25) is 0 Å². The summed E-state index contributed by atoms with van der Waals surface area (Å²) in [7, 11) is 0. The van der Waals surface area contributed by atoms with Gasteiger partial charge in [0.15, 0.2) is 0 Å². The molecule has 2 aromatic rings. The zero-order chi connectivity index (χ0) is 11.4. The number of hydrogen-bond acceptors (Lipinski definition) is 1. The Kier molecular flexibility index (Phi) is 3.58. The standard InChI is InChI=1S/C14H14ClN/c1-11-4-5-13(9-12(11)6-7-15)14-3-2-8-16-10-14/h2-5,8-10H,6-7H2,1H3. The minimum Gasteiger partial charge on any atom is -0.264 e. The number of alkyl halides is 1. The van der Waals surface area contributed by atoms with Gasteiger partial charge in [0.05, 0.1) is 0 Å². The molecule has 16 heavy (non-hydrogen) atoms. The maximum absolute atomic E-state index is 5.79. The molecule has 0 amide bonds. The van der Waals surface area contributed by atoms with E-state index in [1.807, 2.05) is 12.3 Å². The van der Waals surface area contributed by atoms with Gasteiger partial charge in [-0.1, -0.05) is 24.3 Å². The smallest absolute Gasteiger partial charge is 0.0346 e. The molecule has 0 aliphatic rings. The molecule has 0 saturated heterocycles. The molecule has 2 heteroatoms. The van der Waals surface area contributed by atoms with Crippen LogP contribution in [0.15, 0.2) is 42.7 Å². The van der Waals surface area contributed by atoms with Crippen molar-refractivity contribution >= 4 is 11.6 Å². The van der Waals surface area contributed by atoms with Gasteiger partial charge in [0, 0.05) is 18.3 Å². The summed E-state index contributed by atoms with van der Waals surface area (Å²) in [4.78, 5) is 4.13. The van der Waals surface area contributed by atoms with Crippen molar-refractivity contribution in [2.75, 3.05) is 5.88 Å². The van der Waals surface area contributed by atoms with Crippen molar-refractivity contribution in [2.45, 2.75) is 13.3 Å². The molecule has 0 spiro atoms. The second-order valence-electron chi connectivity index (χ2n) is 3.82. The average molecular weight is 232 g/mol. The summed E-state index contributed by atoms with van der Waals surface area (Å²) in [6.07, 6.45) is 4.59. The fourth-order valence-corrected chi connectivity index (χ4v) is 1.96. The second kappa shape index (κ2) is 5.13. The van der Waals surface area contributed by atoms with Gasteiger partial charge >= 0.3 is 0 Å². The van der Waals surface area contributed by atoms with E-state index >= 15 is 0 Å². The van der Waals surface area contributed by atoms with Gasteiger partial charge in [-0.25, -0.2) is 0 Å². The van der Waals surface area contributed by atoms with Crippen LogP contribution in [0.25, 0.3) is 11.1 Å². The van der Waals surface area contributed by atoms with Crippen molar-refractivity contribution in [3.8, 4) is 11.1 Å². The van der Waals surface area contributed by atoms with Gasteiger partial charge in [0.25, 0.3) is 0 Å². The van der Waals surface area contributed by atoms with Crippen LogP contribution in [-0.2, 0) is 6.42 Å². The Labute approximate surface area is 101 Å². The normalized spacial score (nSPS) is 10.4. The quantitative estimate of drug-likeness (QED) is 0.732. The van der Waals surface area contributed by atoms with E-state index in [-0.39, 0.29) is 0 Å².